The molecule has 1 fully saturated rings. The first-order chi connectivity index (χ1) is 7.74. The molecule has 0 amide bonds. The van der Waals surface area contributed by atoms with Gasteiger partial charge in [0, 0.05) is 0 Å². The zero-order valence-corrected chi connectivity index (χ0v) is 8.99. The van der Waals surface area contributed by atoms with Crippen LogP contribution in [0.4, 0.5) is 0 Å². The Morgan fingerprint density at radius 3 is 2.88 bits per heavy atom. The molecular weight excluding hydrogens is 226 g/mol. The summed E-state index contributed by atoms with van der Waals surface area (Å²) in [6, 6.07) is 7.42. The quantitative estimate of drug-likeness (QED) is 0.558. The zero-order valence-electron chi connectivity index (χ0n) is 8.17. The van der Waals surface area contributed by atoms with Crippen LogP contribution in [0.2, 0.25) is 0 Å². The number of carbonyl (C=O) groups is 1. The number of esters is 1. The van der Waals surface area contributed by atoms with Gasteiger partial charge >= 0.3 is 5.97 Å². The second kappa shape index (κ2) is 3.38. The number of thiocarbonyl (C=S) groups is 1. The van der Waals surface area contributed by atoms with Crippen molar-refractivity contribution in [3.8, 4) is 0 Å². The van der Waals surface area contributed by atoms with Gasteiger partial charge in [0.15, 0.2) is 10.6 Å². The molecule has 2 heterocycles. The van der Waals surface area contributed by atoms with E-state index in [2.05, 4.69) is 4.98 Å². The van der Waals surface area contributed by atoms with Gasteiger partial charge in [-0.2, -0.15) is 0 Å². The molecule has 1 saturated heterocycles. The van der Waals surface area contributed by atoms with Crippen LogP contribution in [0.25, 0.3) is 11.1 Å². The molecule has 80 valence electrons. The van der Waals surface area contributed by atoms with E-state index < -0.39 is 0 Å². The number of benzene rings is 1. The number of oxazole rings is 1. The predicted molar refractivity (Wildman–Crippen MR) is 60.1 cm³/mol. The number of rotatable bonds is 1. The first-order valence-corrected chi connectivity index (χ1v) is 5.25. The fourth-order valence-corrected chi connectivity index (χ4v) is 1.98. The maximum absolute atomic E-state index is 11.1. The van der Waals surface area contributed by atoms with Gasteiger partial charge in [0.25, 0.3) is 0 Å². The molecule has 16 heavy (non-hydrogen) atoms. The predicted octanol–water partition coefficient (Wildman–Crippen LogP) is 2.19. The van der Waals surface area contributed by atoms with Crippen LogP contribution in [-0.2, 0) is 9.53 Å². The second-order valence-corrected chi connectivity index (χ2v) is 3.97. The Labute approximate surface area is 96.2 Å². The van der Waals surface area contributed by atoms with Crippen molar-refractivity contribution >= 4 is 34.3 Å². The maximum atomic E-state index is 11.1. The molecule has 0 aliphatic carbocycles. The Balaban J connectivity index is 2.06. The third-order valence-electron chi connectivity index (χ3n) is 2.48. The molecule has 1 atom stereocenters. The lowest BCUT2D eigenvalue weighted by atomic mass is 10.1. The van der Waals surface area contributed by atoms with Crippen LogP contribution < -0.4 is 0 Å². The van der Waals surface area contributed by atoms with Crippen LogP contribution >= 0.6 is 12.2 Å². The second-order valence-electron chi connectivity index (χ2n) is 3.57. The normalized spacial score (nSPS) is 20.4. The van der Waals surface area contributed by atoms with Gasteiger partial charge in [-0.15, -0.1) is 0 Å². The molecule has 1 aromatic heterocycles. The average molecular weight is 233 g/mol. The summed E-state index contributed by atoms with van der Waals surface area (Å²) in [6.45, 7) is 0. The molecule has 5 heteroatoms. The summed E-state index contributed by atoms with van der Waals surface area (Å²) in [6.07, 6.45) is 0.214. The Bertz CT molecular complexity index is 557. The molecule has 0 bridgehead atoms. The number of hydrogen-bond donors (Lipinski definition) is 0. The van der Waals surface area contributed by atoms with Crippen LogP contribution in [-0.4, -0.2) is 16.0 Å². The van der Waals surface area contributed by atoms with Crippen LogP contribution in [0.1, 0.15) is 18.2 Å². The van der Waals surface area contributed by atoms with E-state index in [1.54, 1.807) is 0 Å². The van der Waals surface area contributed by atoms with E-state index in [1.807, 2.05) is 24.3 Å². The number of aromatic nitrogens is 1. The van der Waals surface area contributed by atoms with E-state index in [0.29, 0.717) is 11.5 Å². The number of fused-ring (bicyclic) bond motifs is 1. The van der Waals surface area contributed by atoms with E-state index in [-0.39, 0.29) is 23.4 Å². The van der Waals surface area contributed by atoms with Crippen molar-refractivity contribution in [3.05, 3.63) is 30.2 Å². The molecule has 1 unspecified atom stereocenters. The topological polar surface area (TPSA) is 52.3 Å². The molecule has 0 N–H and O–H groups in total. The Morgan fingerprint density at radius 1 is 1.38 bits per heavy atom. The number of para-hydroxylation sites is 2. The molecular formula is C11H7NO3S. The van der Waals surface area contributed by atoms with E-state index in [1.165, 1.54) is 0 Å². The van der Waals surface area contributed by atoms with Gasteiger partial charge in [0.2, 0.25) is 5.89 Å². The van der Waals surface area contributed by atoms with Crippen molar-refractivity contribution in [1.29, 1.82) is 0 Å². The molecule has 2 aromatic rings. The summed E-state index contributed by atoms with van der Waals surface area (Å²) >= 11 is 4.96. The summed E-state index contributed by atoms with van der Waals surface area (Å²) in [5.41, 5.74) is 1.46. The monoisotopic (exact) mass is 233 g/mol. The number of hydrogen-bond acceptors (Lipinski definition) is 5. The first-order valence-electron chi connectivity index (χ1n) is 4.84. The summed E-state index contributed by atoms with van der Waals surface area (Å²) in [4.78, 5) is 15.4. The summed E-state index contributed by atoms with van der Waals surface area (Å²) in [5.74, 6) is -0.191. The van der Waals surface area contributed by atoms with Gasteiger partial charge in [-0.25, -0.2) is 4.98 Å². The van der Waals surface area contributed by atoms with Crippen LogP contribution in [0, 0.1) is 0 Å². The van der Waals surface area contributed by atoms with Crippen molar-refractivity contribution in [2.75, 3.05) is 0 Å². The highest BCUT2D eigenvalue weighted by Gasteiger charge is 2.35. The number of cyclic esters (lactones) is 1. The fraction of sp³-hybridized carbons (Fsp3) is 0.182. The fourth-order valence-electron chi connectivity index (χ4n) is 1.70. The highest BCUT2D eigenvalue weighted by Crippen LogP contribution is 2.30. The lowest BCUT2D eigenvalue weighted by molar-refractivity contribution is -0.133. The van der Waals surface area contributed by atoms with Gasteiger partial charge in [0.1, 0.15) is 11.4 Å². The van der Waals surface area contributed by atoms with Gasteiger partial charge in [0.05, 0.1) is 6.42 Å². The van der Waals surface area contributed by atoms with Crippen LogP contribution in [0.5, 0.6) is 0 Å². The molecule has 1 aliphatic heterocycles. The minimum atomic E-state index is -0.324. The number of ether oxygens (including phenoxy) is 1. The molecule has 0 saturated carbocycles. The lowest BCUT2D eigenvalue weighted by Gasteiger charge is -1.98. The average Bonchev–Trinajstić information content (AvgIpc) is 2.81. The minimum absolute atomic E-state index is 0.214. The molecule has 4 nitrogen and oxygen atoms in total. The van der Waals surface area contributed by atoms with Gasteiger partial charge in [-0.05, 0) is 24.4 Å². The Hall–Kier alpha value is -1.75. The largest absolute Gasteiger partial charge is 0.440 e. The summed E-state index contributed by atoms with van der Waals surface area (Å²) < 4.78 is 10.4. The Morgan fingerprint density at radius 2 is 2.19 bits per heavy atom. The maximum Gasteiger partial charge on any atom is 0.313 e. The van der Waals surface area contributed by atoms with E-state index in [4.69, 9.17) is 21.4 Å². The van der Waals surface area contributed by atoms with Crippen molar-refractivity contribution < 1.29 is 13.9 Å². The zero-order chi connectivity index (χ0) is 11.1. The highest BCUT2D eigenvalue weighted by atomic mass is 32.1. The van der Waals surface area contributed by atoms with Crippen molar-refractivity contribution in [2.45, 2.75) is 12.3 Å². The first kappa shape index (κ1) is 9.47. The number of carbonyl (C=O) groups excluding carboxylic acids is 1. The van der Waals surface area contributed by atoms with Gasteiger partial charge in [-0.3, -0.25) is 4.79 Å². The lowest BCUT2D eigenvalue weighted by Crippen LogP contribution is -2.03. The standard InChI is InChI=1S/C11H7NO3S/c13-9-5-6(11(16)15-9)10-12-7-3-1-2-4-8(7)14-10/h1-4,6H,5H2. The van der Waals surface area contributed by atoms with Crippen LogP contribution in [0.15, 0.2) is 28.7 Å². The van der Waals surface area contributed by atoms with E-state index in [0.717, 1.165) is 5.52 Å². The van der Waals surface area contributed by atoms with Crippen molar-refractivity contribution in [2.24, 2.45) is 0 Å². The van der Waals surface area contributed by atoms with Crippen molar-refractivity contribution in [3.63, 3.8) is 0 Å². The van der Waals surface area contributed by atoms with Crippen molar-refractivity contribution in [1.82, 2.24) is 4.98 Å². The molecule has 0 radical (unpaired) electrons. The third-order valence-corrected chi connectivity index (χ3v) is 2.85. The number of nitrogens with zero attached hydrogens (tertiary/aromatic N) is 1. The highest BCUT2D eigenvalue weighted by molar-refractivity contribution is 7.80. The Kier molecular flexibility index (Phi) is 2.00. The summed E-state index contributed by atoms with van der Waals surface area (Å²) in [5, 5.41) is 0.247. The third kappa shape index (κ3) is 1.40. The van der Waals surface area contributed by atoms with Gasteiger partial charge in [-0.1, -0.05) is 12.1 Å². The molecule has 1 aliphatic rings. The molecule has 1 aromatic carbocycles. The SMILES string of the molecule is O=C1CC(c2nc3ccccc3o2)C(=S)O1. The van der Waals surface area contributed by atoms with Gasteiger partial charge < -0.3 is 9.15 Å². The summed E-state index contributed by atoms with van der Waals surface area (Å²) in [7, 11) is 0. The van der Waals surface area contributed by atoms with Crippen LogP contribution in [0.3, 0.4) is 0 Å². The smallest absolute Gasteiger partial charge is 0.313 e. The minimum Gasteiger partial charge on any atom is -0.440 e. The molecule has 3 rings (SSSR count). The van der Waals surface area contributed by atoms with E-state index in [9.17, 15) is 4.79 Å². The van der Waals surface area contributed by atoms with E-state index >= 15 is 0 Å². The molecule has 0 spiro atoms.